The lowest BCUT2D eigenvalue weighted by molar-refractivity contribution is -0.0354. The highest BCUT2D eigenvalue weighted by atomic mass is 31.2. The predicted molar refractivity (Wildman–Crippen MR) is 67.9 cm³/mol. The van der Waals surface area contributed by atoms with E-state index in [0.29, 0.717) is 0 Å². The van der Waals surface area contributed by atoms with Crippen LogP contribution >= 0.6 is 7.82 Å². The maximum absolute atomic E-state index is 12.4. The Morgan fingerprint density at radius 2 is 1.31 bits per heavy atom. The van der Waals surface area contributed by atoms with Crippen LogP contribution in [0.3, 0.4) is 0 Å². The third-order valence-corrected chi connectivity index (χ3v) is 11.8. The minimum atomic E-state index is -4.02. The molecule has 0 aromatic rings. The van der Waals surface area contributed by atoms with Gasteiger partial charge in [0, 0.05) is 0 Å². The van der Waals surface area contributed by atoms with Gasteiger partial charge in [0.15, 0.2) is 0 Å². The van der Waals surface area contributed by atoms with E-state index in [-0.39, 0.29) is 0 Å². The van der Waals surface area contributed by atoms with Crippen molar-refractivity contribution in [3.63, 3.8) is 0 Å². The zero-order valence-electron chi connectivity index (χ0n) is 10.9. The van der Waals surface area contributed by atoms with Crippen LogP contribution in [-0.2, 0) is 17.7 Å². The van der Waals surface area contributed by atoms with E-state index >= 15 is 0 Å². The summed E-state index contributed by atoms with van der Waals surface area (Å²) >= 11 is 0. The largest absolute Gasteiger partial charge is 0.486 e. The molecule has 0 atom stereocenters. The molecule has 98 valence electrons. The van der Waals surface area contributed by atoms with Crippen LogP contribution in [0.5, 0.6) is 0 Å². The number of phosphoric acid groups is 1. The highest BCUT2D eigenvalue weighted by Crippen LogP contribution is 2.55. The van der Waals surface area contributed by atoms with Gasteiger partial charge in [0.05, 0.1) is 0 Å². The average molecular weight is 288 g/mol. The molecule has 0 rings (SSSR count). The lowest BCUT2D eigenvalue weighted by Crippen LogP contribution is -2.33. The lowest BCUT2D eigenvalue weighted by atomic mass is 11.0. The van der Waals surface area contributed by atoms with Gasteiger partial charge in [0.25, 0.3) is 0 Å². The van der Waals surface area contributed by atoms with Crippen molar-refractivity contribution in [1.29, 1.82) is 0 Å². The SMILES string of the molecule is CC[Si](C)(C)OP(=O)(OF)O[Si](C)(C)CC. The molecule has 4 nitrogen and oxygen atoms in total. The average Bonchev–Trinajstić information content (AvgIpc) is 2.16. The Morgan fingerprint density at radius 3 is 1.50 bits per heavy atom. The quantitative estimate of drug-likeness (QED) is 0.512. The first-order valence-electron chi connectivity index (χ1n) is 5.41. The molecule has 0 radical (unpaired) electrons. The van der Waals surface area contributed by atoms with Crippen molar-refractivity contribution in [2.45, 2.75) is 52.1 Å². The number of halogens is 1. The Labute approximate surface area is 99.3 Å². The van der Waals surface area contributed by atoms with Crippen molar-refractivity contribution in [1.82, 2.24) is 0 Å². The molecule has 0 N–H and O–H groups in total. The third-order valence-electron chi connectivity index (χ3n) is 2.51. The van der Waals surface area contributed by atoms with Crippen LogP contribution < -0.4 is 0 Å². The molecular weight excluding hydrogens is 266 g/mol. The van der Waals surface area contributed by atoms with E-state index < -0.39 is 24.5 Å². The van der Waals surface area contributed by atoms with Crippen LogP contribution in [0.15, 0.2) is 0 Å². The Morgan fingerprint density at radius 1 is 1.00 bits per heavy atom. The van der Waals surface area contributed by atoms with E-state index in [9.17, 15) is 9.09 Å². The molecule has 16 heavy (non-hydrogen) atoms. The van der Waals surface area contributed by atoms with Gasteiger partial charge in [-0.05, 0) is 42.8 Å². The van der Waals surface area contributed by atoms with Crippen molar-refractivity contribution in [3.05, 3.63) is 0 Å². The molecule has 0 aromatic carbocycles. The second kappa shape index (κ2) is 5.88. The highest BCUT2D eigenvalue weighted by molar-refractivity contribution is 7.52. The van der Waals surface area contributed by atoms with Crippen molar-refractivity contribution in [2.24, 2.45) is 0 Å². The Bertz CT molecular complexity index is 251. The maximum Gasteiger partial charge on any atom is 0.486 e. The molecule has 0 saturated carbocycles. The fraction of sp³-hybridized carbons (Fsp3) is 1.00. The van der Waals surface area contributed by atoms with Crippen LogP contribution in [0.1, 0.15) is 13.8 Å². The van der Waals surface area contributed by atoms with E-state index in [4.69, 9.17) is 8.43 Å². The van der Waals surface area contributed by atoms with Gasteiger partial charge in [-0.15, -0.1) is 0 Å². The molecule has 0 spiro atoms. The summed E-state index contributed by atoms with van der Waals surface area (Å²) in [5.74, 6) is 0. The number of hydrogen-bond donors (Lipinski definition) is 0. The van der Waals surface area contributed by atoms with Crippen LogP contribution in [0.2, 0.25) is 38.3 Å². The van der Waals surface area contributed by atoms with Gasteiger partial charge >= 0.3 is 7.82 Å². The topological polar surface area (TPSA) is 44.8 Å². The van der Waals surface area contributed by atoms with E-state index in [0.717, 1.165) is 12.1 Å². The van der Waals surface area contributed by atoms with Gasteiger partial charge in [-0.2, -0.15) is 0 Å². The van der Waals surface area contributed by atoms with Crippen LogP contribution in [-0.4, -0.2) is 16.6 Å². The molecule has 0 unspecified atom stereocenters. The minimum Gasteiger partial charge on any atom is -0.329 e. The van der Waals surface area contributed by atoms with Crippen molar-refractivity contribution in [2.75, 3.05) is 0 Å². The second-order valence-electron chi connectivity index (χ2n) is 4.93. The summed E-state index contributed by atoms with van der Waals surface area (Å²) in [6.45, 7) is 11.2. The van der Waals surface area contributed by atoms with Gasteiger partial charge < -0.3 is 8.43 Å². The summed E-state index contributed by atoms with van der Waals surface area (Å²) in [6.07, 6.45) is 0. The molecule has 0 saturated heterocycles. The Balaban J connectivity index is 4.75. The smallest absolute Gasteiger partial charge is 0.329 e. The summed E-state index contributed by atoms with van der Waals surface area (Å²) in [7, 11) is -8.37. The van der Waals surface area contributed by atoms with Crippen LogP contribution in [0.4, 0.5) is 4.53 Å². The first-order valence-corrected chi connectivity index (χ1v) is 13.1. The van der Waals surface area contributed by atoms with E-state index in [1.807, 2.05) is 40.0 Å². The summed E-state index contributed by atoms with van der Waals surface area (Å²) in [4.78, 5) is 0. The van der Waals surface area contributed by atoms with Crippen molar-refractivity contribution < 1.29 is 22.2 Å². The Kier molecular flexibility index (Phi) is 6.06. The first-order chi connectivity index (χ1) is 7.10. The summed E-state index contributed by atoms with van der Waals surface area (Å²) in [6, 6.07) is 1.44. The fourth-order valence-corrected chi connectivity index (χ4v) is 7.37. The van der Waals surface area contributed by atoms with Gasteiger partial charge in [-0.3, -0.25) is 0 Å². The van der Waals surface area contributed by atoms with E-state index in [1.165, 1.54) is 0 Å². The van der Waals surface area contributed by atoms with Crippen LogP contribution in [0.25, 0.3) is 0 Å². The normalized spacial score (nSPS) is 14.2. The van der Waals surface area contributed by atoms with Gasteiger partial charge in [0.2, 0.25) is 16.6 Å². The molecule has 0 aliphatic rings. The summed E-state index contributed by atoms with van der Waals surface area (Å²) in [5.41, 5.74) is 0. The van der Waals surface area contributed by atoms with Crippen molar-refractivity contribution >= 4 is 24.5 Å². The molecule has 0 amide bonds. The lowest BCUT2D eigenvalue weighted by Gasteiger charge is -2.29. The van der Waals surface area contributed by atoms with Gasteiger partial charge in [-0.1, -0.05) is 18.6 Å². The molecule has 0 bridgehead atoms. The summed E-state index contributed by atoms with van der Waals surface area (Å²) < 4.78 is 38.4. The standard InChI is InChI=1S/C8H22FO4PSi2/c1-7-15(3,4)12-14(10,11-9)13-16(5,6)8-2/h7-8H2,1-6H3. The molecule has 0 aromatic heterocycles. The Hall–Kier alpha value is 0.474. The highest BCUT2D eigenvalue weighted by Gasteiger charge is 2.41. The monoisotopic (exact) mass is 288 g/mol. The maximum atomic E-state index is 12.4. The first kappa shape index (κ1) is 16.5. The zero-order chi connectivity index (χ0) is 13.0. The molecule has 0 aliphatic heterocycles. The summed E-state index contributed by atoms with van der Waals surface area (Å²) in [5, 5.41) is 0. The van der Waals surface area contributed by atoms with E-state index in [1.54, 1.807) is 0 Å². The van der Waals surface area contributed by atoms with Gasteiger partial charge in [-0.25, -0.2) is 4.57 Å². The van der Waals surface area contributed by atoms with Gasteiger partial charge in [0.1, 0.15) is 0 Å². The fourth-order valence-electron chi connectivity index (χ4n) is 0.781. The van der Waals surface area contributed by atoms with Crippen LogP contribution in [0, 0.1) is 0 Å². The number of rotatable bonds is 7. The third kappa shape index (κ3) is 5.70. The molecule has 0 aliphatic carbocycles. The van der Waals surface area contributed by atoms with E-state index in [2.05, 4.69) is 4.73 Å². The molecule has 0 fully saturated rings. The second-order valence-corrected chi connectivity index (χ2v) is 15.9. The zero-order valence-corrected chi connectivity index (χ0v) is 13.8. The minimum absolute atomic E-state index is 0.720. The number of hydrogen-bond acceptors (Lipinski definition) is 4. The molecule has 0 heterocycles. The molecule has 8 heteroatoms. The molecular formula is C8H22FO4PSi2. The van der Waals surface area contributed by atoms with Crippen molar-refractivity contribution in [3.8, 4) is 0 Å². The predicted octanol–water partition coefficient (Wildman–Crippen LogP) is 4.48.